The van der Waals surface area contributed by atoms with Crippen molar-refractivity contribution in [3.05, 3.63) is 0 Å². The molecule has 0 aromatic heterocycles. The van der Waals surface area contributed by atoms with Crippen LogP contribution < -0.4 is 5.32 Å². The first kappa shape index (κ1) is 14.9. The number of nitrogens with one attached hydrogen (secondary N) is 1. The Kier molecular flexibility index (Phi) is 5.42. The van der Waals surface area contributed by atoms with Crippen LogP contribution in [0.4, 0.5) is 0 Å². The van der Waals surface area contributed by atoms with Crippen LogP contribution >= 0.6 is 0 Å². The molecule has 0 amide bonds. The molecule has 2 atom stereocenters. The van der Waals surface area contributed by atoms with Gasteiger partial charge in [0.15, 0.2) is 0 Å². The Morgan fingerprint density at radius 1 is 1.06 bits per heavy atom. The number of hydrogen-bond acceptors (Lipinski definition) is 3. The van der Waals surface area contributed by atoms with Crippen LogP contribution in [0.3, 0.4) is 0 Å². The number of nitrogens with zero attached hydrogens (tertiary/aromatic N) is 2. The second kappa shape index (κ2) is 6.17. The first-order valence-electron chi connectivity index (χ1n) is 6.97. The van der Waals surface area contributed by atoms with E-state index in [4.69, 9.17) is 0 Å². The van der Waals surface area contributed by atoms with Crippen molar-refractivity contribution in [1.29, 1.82) is 0 Å². The van der Waals surface area contributed by atoms with Crippen molar-refractivity contribution in [1.82, 2.24) is 15.1 Å². The van der Waals surface area contributed by atoms with E-state index in [0.29, 0.717) is 12.0 Å². The molecule has 0 radical (unpaired) electrons. The van der Waals surface area contributed by atoms with Crippen molar-refractivity contribution in [2.75, 3.05) is 39.8 Å². The van der Waals surface area contributed by atoms with Gasteiger partial charge in [-0.2, -0.15) is 0 Å². The van der Waals surface area contributed by atoms with Gasteiger partial charge in [-0.25, -0.2) is 0 Å². The minimum Gasteiger partial charge on any atom is -0.312 e. The summed E-state index contributed by atoms with van der Waals surface area (Å²) >= 11 is 0. The molecule has 1 aliphatic rings. The summed E-state index contributed by atoms with van der Waals surface area (Å²) in [6.07, 6.45) is 0. The van der Waals surface area contributed by atoms with E-state index in [0.717, 1.165) is 6.54 Å². The first-order chi connectivity index (χ1) is 7.79. The SMILES string of the molecule is CC(CNC(C)(C)C)C(C)N1CCN(C)CC1. The molecule has 102 valence electrons. The van der Waals surface area contributed by atoms with Gasteiger partial charge in [0.25, 0.3) is 0 Å². The van der Waals surface area contributed by atoms with Gasteiger partial charge in [-0.05, 0) is 47.2 Å². The van der Waals surface area contributed by atoms with Crippen molar-refractivity contribution in [2.45, 2.75) is 46.2 Å². The highest BCUT2D eigenvalue weighted by molar-refractivity contribution is 4.81. The van der Waals surface area contributed by atoms with Gasteiger partial charge in [0.05, 0.1) is 0 Å². The summed E-state index contributed by atoms with van der Waals surface area (Å²) in [5.41, 5.74) is 0.232. The number of likely N-dealkylation sites (N-methyl/N-ethyl adjacent to an activating group) is 1. The molecule has 0 spiro atoms. The maximum absolute atomic E-state index is 3.61. The normalized spacial score (nSPS) is 23.6. The van der Waals surface area contributed by atoms with Crippen LogP contribution in [0, 0.1) is 5.92 Å². The van der Waals surface area contributed by atoms with E-state index >= 15 is 0 Å². The number of piperazine rings is 1. The van der Waals surface area contributed by atoms with Gasteiger partial charge in [-0.1, -0.05) is 6.92 Å². The third-order valence-electron chi connectivity index (χ3n) is 3.89. The molecule has 1 aliphatic heterocycles. The van der Waals surface area contributed by atoms with E-state index in [9.17, 15) is 0 Å². The van der Waals surface area contributed by atoms with Crippen LogP contribution in [0.15, 0.2) is 0 Å². The molecule has 2 unspecified atom stereocenters. The molecule has 1 fully saturated rings. The molecule has 3 nitrogen and oxygen atoms in total. The molecule has 3 heteroatoms. The van der Waals surface area contributed by atoms with Crippen LogP contribution in [0.2, 0.25) is 0 Å². The van der Waals surface area contributed by atoms with E-state index in [1.165, 1.54) is 26.2 Å². The highest BCUT2D eigenvalue weighted by atomic mass is 15.3. The van der Waals surface area contributed by atoms with Crippen LogP contribution in [0.25, 0.3) is 0 Å². The summed E-state index contributed by atoms with van der Waals surface area (Å²) < 4.78 is 0. The maximum Gasteiger partial charge on any atom is 0.0113 e. The smallest absolute Gasteiger partial charge is 0.0113 e. The van der Waals surface area contributed by atoms with Gasteiger partial charge < -0.3 is 10.2 Å². The molecule has 1 saturated heterocycles. The van der Waals surface area contributed by atoms with Gasteiger partial charge in [0, 0.05) is 37.8 Å². The van der Waals surface area contributed by atoms with E-state index in [1.807, 2.05) is 0 Å². The molecule has 1 rings (SSSR count). The lowest BCUT2D eigenvalue weighted by molar-refractivity contribution is 0.0912. The summed E-state index contributed by atoms with van der Waals surface area (Å²) in [5, 5.41) is 3.61. The molecular weight excluding hydrogens is 210 g/mol. The van der Waals surface area contributed by atoms with E-state index < -0.39 is 0 Å². The zero-order chi connectivity index (χ0) is 13.1. The predicted molar refractivity (Wildman–Crippen MR) is 75.5 cm³/mol. The van der Waals surface area contributed by atoms with Crippen LogP contribution in [0.1, 0.15) is 34.6 Å². The Bertz CT molecular complexity index is 214. The molecular formula is C14H31N3. The summed E-state index contributed by atoms with van der Waals surface area (Å²) in [6, 6.07) is 0.679. The van der Waals surface area contributed by atoms with Gasteiger partial charge in [-0.15, -0.1) is 0 Å². The highest BCUT2D eigenvalue weighted by Crippen LogP contribution is 2.13. The topological polar surface area (TPSA) is 18.5 Å². The molecule has 17 heavy (non-hydrogen) atoms. The Morgan fingerprint density at radius 2 is 1.59 bits per heavy atom. The fourth-order valence-electron chi connectivity index (χ4n) is 2.23. The Morgan fingerprint density at radius 3 is 2.06 bits per heavy atom. The van der Waals surface area contributed by atoms with E-state index in [-0.39, 0.29) is 5.54 Å². The van der Waals surface area contributed by atoms with E-state index in [1.54, 1.807) is 0 Å². The van der Waals surface area contributed by atoms with Gasteiger partial charge in [-0.3, -0.25) is 4.90 Å². The maximum atomic E-state index is 3.61. The summed E-state index contributed by atoms with van der Waals surface area (Å²) in [7, 11) is 2.21. The standard InChI is InChI=1S/C14H31N3/c1-12(11-15-14(3,4)5)13(2)17-9-7-16(6)8-10-17/h12-13,15H,7-11H2,1-6H3. The van der Waals surface area contributed by atoms with Gasteiger partial charge >= 0.3 is 0 Å². The third kappa shape index (κ3) is 5.36. The lowest BCUT2D eigenvalue weighted by atomic mass is 9.99. The summed E-state index contributed by atoms with van der Waals surface area (Å²) in [5.74, 6) is 0.706. The quantitative estimate of drug-likeness (QED) is 0.807. The Labute approximate surface area is 108 Å². The van der Waals surface area contributed by atoms with Crippen molar-refractivity contribution in [3.63, 3.8) is 0 Å². The highest BCUT2D eigenvalue weighted by Gasteiger charge is 2.24. The minimum atomic E-state index is 0.232. The molecule has 0 bridgehead atoms. The van der Waals surface area contributed by atoms with Crippen LogP contribution in [-0.4, -0.2) is 61.2 Å². The van der Waals surface area contributed by atoms with Crippen molar-refractivity contribution >= 4 is 0 Å². The third-order valence-corrected chi connectivity index (χ3v) is 3.89. The lowest BCUT2D eigenvalue weighted by Gasteiger charge is -2.39. The zero-order valence-corrected chi connectivity index (χ0v) is 12.6. The summed E-state index contributed by atoms with van der Waals surface area (Å²) in [6.45, 7) is 17.4. The van der Waals surface area contributed by atoms with Crippen LogP contribution in [-0.2, 0) is 0 Å². The lowest BCUT2D eigenvalue weighted by Crippen LogP contribution is -2.52. The van der Waals surface area contributed by atoms with Crippen molar-refractivity contribution in [3.8, 4) is 0 Å². The molecule has 0 aromatic rings. The number of hydrogen-bond donors (Lipinski definition) is 1. The van der Waals surface area contributed by atoms with Gasteiger partial charge in [0.1, 0.15) is 0 Å². The second-order valence-electron chi connectivity index (χ2n) is 6.69. The molecule has 0 saturated carbocycles. The monoisotopic (exact) mass is 241 g/mol. The fraction of sp³-hybridized carbons (Fsp3) is 1.00. The minimum absolute atomic E-state index is 0.232. The van der Waals surface area contributed by atoms with Crippen LogP contribution in [0.5, 0.6) is 0 Å². The fourth-order valence-corrected chi connectivity index (χ4v) is 2.23. The molecule has 1 N–H and O–H groups in total. The van der Waals surface area contributed by atoms with Gasteiger partial charge in [0.2, 0.25) is 0 Å². The van der Waals surface area contributed by atoms with Crippen molar-refractivity contribution < 1.29 is 0 Å². The largest absolute Gasteiger partial charge is 0.312 e. The average molecular weight is 241 g/mol. The van der Waals surface area contributed by atoms with Crippen molar-refractivity contribution in [2.24, 2.45) is 5.92 Å². The Hall–Kier alpha value is -0.120. The zero-order valence-electron chi connectivity index (χ0n) is 12.6. The summed E-state index contributed by atoms with van der Waals surface area (Å²) in [4.78, 5) is 5.05. The van der Waals surface area contributed by atoms with E-state index in [2.05, 4.69) is 56.8 Å². The Balaban J connectivity index is 2.33. The molecule has 0 aromatic carbocycles. The average Bonchev–Trinajstić information content (AvgIpc) is 2.25. The molecule has 1 heterocycles. The first-order valence-corrected chi connectivity index (χ1v) is 6.97. The second-order valence-corrected chi connectivity index (χ2v) is 6.69. The molecule has 0 aliphatic carbocycles. The predicted octanol–water partition coefficient (Wildman–Crippen LogP) is 1.65. The number of rotatable bonds is 4.